The maximum absolute atomic E-state index is 12.7. The molecular weight excluding hydrogens is 265 g/mol. The van der Waals surface area contributed by atoms with E-state index in [1.165, 1.54) is 6.07 Å². The molecule has 1 fully saturated rings. The Morgan fingerprint density at radius 1 is 1.15 bits per heavy atom. The summed E-state index contributed by atoms with van der Waals surface area (Å²) in [5.41, 5.74) is 7.15. The molecule has 2 aromatic rings. The molecule has 3 rings (SSSR count). The number of alkyl halides is 3. The molecule has 0 aliphatic heterocycles. The molecule has 1 aliphatic rings. The van der Waals surface area contributed by atoms with Crippen LogP contribution in [0, 0.1) is 0 Å². The first kappa shape index (κ1) is 13.1. The van der Waals surface area contributed by atoms with E-state index in [1.54, 1.807) is 18.3 Å². The van der Waals surface area contributed by atoms with Gasteiger partial charge in [-0.05, 0) is 30.2 Å². The van der Waals surface area contributed by atoms with E-state index in [0.29, 0.717) is 17.2 Å². The number of rotatable bonds is 2. The van der Waals surface area contributed by atoms with Crippen molar-refractivity contribution >= 4 is 0 Å². The topological polar surface area (TPSA) is 38.9 Å². The first-order valence-corrected chi connectivity index (χ1v) is 6.34. The molecule has 2 atom stereocenters. The lowest BCUT2D eigenvalue weighted by molar-refractivity contribution is -0.137. The molecule has 1 aliphatic carbocycles. The van der Waals surface area contributed by atoms with Crippen molar-refractivity contribution in [3.63, 3.8) is 0 Å². The summed E-state index contributed by atoms with van der Waals surface area (Å²) in [7, 11) is 0. The monoisotopic (exact) mass is 278 g/mol. The van der Waals surface area contributed by atoms with Gasteiger partial charge in [-0.3, -0.25) is 4.98 Å². The van der Waals surface area contributed by atoms with Crippen LogP contribution in [0.2, 0.25) is 0 Å². The van der Waals surface area contributed by atoms with Crippen LogP contribution in [-0.4, -0.2) is 11.0 Å². The quantitative estimate of drug-likeness (QED) is 0.911. The second-order valence-electron chi connectivity index (χ2n) is 5.06. The molecule has 1 unspecified atom stereocenters. The highest BCUT2D eigenvalue weighted by molar-refractivity contribution is 5.60. The number of benzene rings is 1. The van der Waals surface area contributed by atoms with Crippen LogP contribution in [0.25, 0.3) is 11.3 Å². The van der Waals surface area contributed by atoms with Gasteiger partial charge in [0.1, 0.15) is 0 Å². The Labute approximate surface area is 114 Å². The van der Waals surface area contributed by atoms with Gasteiger partial charge in [-0.25, -0.2) is 0 Å². The first-order valence-electron chi connectivity index (χ1n) is 6.34. The van der Waals surface area contributed by atoms with Gasteiger partial charge in [-0.2, -0.15) is 13.2 Å². The predicted octanol–water partition coefficient (Wildman–Crippen LogP) is 3.58. The van der Waals surface area contributed by atoms with Crippen LogP contribution in [0.15, 0.2) is 42.6 Å². The summed E-state index contributed by atoms with van der Waals surface area (Å²) < 4.78 is 38.0. The van der Waals surface area contributed by atoms with Crippen molar-refractivity contribution in [3.05, 3.63) is 53.7 Å². The lowest BCUT2D eigenvalue weighted by Crippen LogP contribution is -2.04. The van der Waals surface area contributed by atoms with Gasteiger partial charge in [0.05, 0.1) is 11.3 Å². The van der Waals surface area contributed by atoms with Crippen molar-refractivity contribution < 1.29 is 13.2 Å². The van der Waals surface area contributed by atoms with Gasteiger partial charge >= 0.3 is 6.18 Å². The third kappa shape index (κ3) is 2.54. The summed E-state index contributed by atoms with van der Waals surface area (Å²) in [6.45, 7) is 0. The molecule has 1 saturated carbocycles. The second-order valence-corrected chi connectivity index (χ2v) is 5.06. The zero-order valence-corrected chi connectivity index (χ0v) is 10.6. The first-order chi connectivity index (χ1) is 9.45. The van der Waals surface area contributed by atoms with E-state index in [4.69, 9.17) is 5.73 Å². The van der Waals surface area contributed by atoms with Crippen LogP contribution >= 0.6 is 0 Å². The van der Waals surface area contributed by atoms with Crippen LogP contribution in [0.4, 0.5) is 13.2 Å². The minimum Gasteiger partial charge on any atom is -0.327 e. The van der Waals surface area contributed by atoms with Gasteiger partial charge in [0.25, 0.3) is 0 Å². The maximum atomic E-state index is 12.7. The molecule has 2 nitrogen and oxygen atoms in total. The lowest BCUT2D eigenvalue weighted by atomic mass is 10.1. The molecule has 0 spiro atoms. The van der Waals surface area contributed by atoms with Gasteiger partial charge in [-0.15, -0.1) is 0 Å². The highest BCUT2D eigenvalue weighted by Crippen LogP contribution is 2.39. The van der Waals surface area contributed by atoms with Crippen molar-refractivity contribution in [3.8, 4) is 11.3 Å². The molecule has 1 heterocycles. The smallest absolute Gasteiger partial charge is 0.327 e. The summed E-state index contributed by atoms with van der Waals surface area (Å²) in [4.78, 5) is 4.24. The van der Waals surface area contributed by atoms with E-state index < -0.39 is 11.7 Å². The number of halogens is 3. The molecule has 0 bridgehead atoms. The molecule has 0 amide bonds. The van der Waals surface area contributed by atoms with Crippen molar-refractivity contribution in [1.29, 1.82) is 0 Å². The average molecular weight is 278 g/mol. The SMILES string of the molecule is N[C@H]1CC1c1ccc(-c2cccc(C(F)(F)F)c2)nc1. The zero-order valence-electron chi connectivity index (χ0n) is 10.6. The molecule has 2 N–H and O–H groups in total. The third-order valence-electron chi connectivity index (χ3n) is 3.54. The number of pyridine rings is 1. The van der Waals surface area contributed by atoms with E-state index in [0.717, 1.165) is 24.1 Å². The van der Waals surface area contributed by atoms with Gasteiger partial charge in [0.15, 0.2) is 0 Å². The Kier molecular flexibility index (Phi) is 3.01. The minimum atomic E-state index is -4.34. The lowest BCUT2D eigenvalue weighted by Gasteiger charge is -2.08. The number of nitrogens with two attached hydrogens (primary N) is 1. The average Bonchev–Trinajstić information content (AvgIpc) is 3.15. The number of nitrogens with zero attached hydrogens (tertiary/aromatic N) is 1. The molecule has 104 valence electrons. The Morgan fingerprint density at radius 3 is 2.45 bits per heavy atom. The van der Waals surface area contributed by atoms with Crippen molar-refractivity contribution in [2.24, 2.45) is 5.73 Å². The fourth-order valence-corrected chi connectivity index (χ4v) is 2.25. The molecule has 5 heteroatoms. The molecule has 0 saturated heterocycles. The van der Waals surface area contributed by atoms with Crippen molar-refractivity contribution in [2.45, 2.75) is 24.6 Å². The third-order valence-corrected chi connectivity index (χ3v) is 3.54. The Bertz CT molecular complexity index is 620. The second kappa shape index (κ2) is 4.59. The normalized spacial score (nSPS) is 21.8. The Balaban J connectivity index is 1.89. The molecular formula is C15H13F3N2. The highest BCUT2D eigenvalue weighted by Gasteiger charge is 2.35. The summed E-state index contributed by atoms with van der Waals surface area (Å²) in [5.74, 6) is 0.345. The molecule has 20 heavy (non-hydrogen) atoms. The van der Waals surface area contributed by atoms with E-state index in [2.05, 4.69) is 4.98 Å². The molecule has 0 radical (unpaired) electrons. The van der Waals surface area contributed by atoms with Crippen molar-refractivity contribution in [1.82, 2.24) is 4.98 Å². The van der Waals surface area contributed by atoms with Gasteiger partial charge in [-0.1, -0.05) is 18.2 Å². The van der Waals surface area contributed by atoms with Crippen molar-refractivity contribution in [2.75, 3.05) is 0 Å². The van der Waals surface area contributed by atoms with E-state index in [-0.39, 0.29) is 6.04 Å². The van der Waals surface area contributed by atoms with E-state index in [1.807, 2.05) is 6.07 Å². The number of hydrogen-bond acceptors (Lipinski definition) is 2. The van der Waals surface area contributed by atoms with Crippen LogP contribution < -0.4 is 5.73 Å². The molecule has 1 aromatic heterocycles. The summed E-state index contributed by atoms with van der Waals surface area (Å²) in [6, 6.07) is 9.02. The van der Waals surface area contributed by atoms with Crippen LogP contribution in [0.5, 0.6) is 0 Å². The predicted molar refractivity (Wildman–Crippen MR) is 70.0 cm³/mol. The number of aromatic nitrogens is 1. The largest absolute Gasteiger partial charge is 0.416 e. The zero-order chi connectivity index (χ0) is 14.3. The van der Waals surface area contributed by atoms with E-state index >= 15 is 0 Å². The Morgan fingerprint density at radius 2 is 1.90 bits per heavy atom. The highest BCUT2D eigenvalue weighted by atomic mass is 19.4. The fourth-order valence-electron chi connectivity index (χ4n) is 2.25. The standard InChI is InChI=1S/C15H13F3N2/c16-15(17,18)11-3-1-2-9(6-11)14-5-4-10(8-20-14)12-7-13(12)19/h1-6,8,12-13H,7,19H2/t12?,13-/m0/s1. The van der Waals surface area contributed by atoms with Gasteiger partial charge in [0.2, 0.25) is 0 Å². The summed E-state index contributed by atoms with van der Waals surface area (Å²) in [5, 5.41) is 0. The van der Waals surface area contributed by atoms with Crippen LogP contribution in [-0.2, 0) is 6.18 Å². The summed E-state index contributed by atoms with van der Waals surface area (Å²) in [6.07, 6.45) is -1.69. The molecule has 1 aromatic carbocycles. The van der Waals surface area contributed by atoms with Gasteiger partial charge < -0.3 is 5.73 Å². The summed E-state index contributed by atoms with van der Waals surface area (Å²) >= 11 is 0. The Hall–Kier alpha value is -1.88. The van der Waals surface area contributed by atoms with E-state index in [9.17, 15) is 13.2 Å². The van der Waals surface area contributed by atoms with Gasteiger partial charge in [0, 0.05) is 23.7 Å². The number of hydrogen-bond donors (Lipinski definition) is 1. The minimum absolute atomic E-state index is 0.191. The fraction of sp³-hybridized carbons (Fsp3) is 0.267. The maximum Gasteiger partial charge on any atom is 0.416 e. The van der Waals surface area contributed by atoms with Crippen LogP contribution in [0.1, 0.15) is 23.5 Å². The van der Waals surface area contributed by atoms with Crippen LogP contribution in [0.3, 0.4) is 0 Å².